The number of carbonyl (C=O) groups is 2. The molecule has 1 atom stereocenters. The van der Waals surface area contributed by atoms with Crippen molar-refractivity contribution < 1.29 is 23.3 Å². The molecule has 0 radical (unpaired) electrons. The van der Waals surface area contributed by atoms with Gasteiger partial charge in [-0.1, -0.05) is 32.9 Å². The Morgan fingerprint density at radius 3 is 2.34 bits per heavy atom. The average Bonchev–Trinajstić information content (AvgIpc) is 3.46. The topological polar surface area (TPSA) is 72.9 Å². The first-order chi connectivity index (χ1) is 16.7. The molecule has 3 aliphatic heterocycles. The Labute approximate surface area is 207 Å². The van der Waals surface area contributed by atoms with Gasteiger partial charge in [0.15, 0.2) is 5.78 Å². The molecule has 0 bridgehead atoms. The number of nitrogens with zero attached hydrogens (tertiary/aromatic N) is 1. The van der Waals surface area contributed by atoms with Gasteiger partial charge in [-0.15, -0.1) is 0 Å². The minimum atomic E-state index is -4.00. The zero-order valence-electron chi connectivity index (χ0n) is 20.8. The molecule has 2 fully saturated rings. The lowest BCUT2D eigenvalue weighted by atomic mass is 9.87. The van der Waals surface area contributed by atoms with Crippen molar-refractivity contribution in [3.8, 4) is 5.75 Å². The molecule has 188 valence electrons. The summed E-state index contributed by atoms with van der Waals surface area (Å²) < 4.78 is 28.5. The number of carbonyl (C=O) groups excluding carboxylic acids is 2. The molecule has 3 heterocycles. The third kappa shape index (κ3) is 4.02. The summed E-state index contributed by atoms with van der Waals surface area (Å²) in [5.41, 5.74) is 2.40. The molecule has 7 heteroatoms. The van der Waals surface area contributed by atoms with Crippen LogP contribution in [-0.4, -0.2) is 46.7 Å². The van der Waals surface area contributed by atoms with Crippen molar-refractivity contribution in [1.29, 1.82) is 0 Å². The Kier molecular flexibility index (Phi) is 6.12. The second-order valence-electron chi connectivity index (χ2n) is 10.4. The molecule has 2 aromatic rings. The molecule has 3 aliphatic rings. The number of fused-ring (bicyclic) bond motifs is 1. The maximum atomic E-state index is 14.9. The predicted molar refractivity (Wildman–Crippen MR) is 138 cm³/mol. The van der Waals surface area contributed by atoms with Crippen LogP contribution in [0, 0.1) is 11.8 Å². The number of benzene rings is 2. The van der Waals surface area contributed by atoms with E-state index in [1.807, 2.05) is 28.6 Å². The number of rotatable bonds is 7. The summed E-state index contributed by atoms with van der Waals surface area (Å²) in [4.78, 5) is 26.8. The van der Waals surface area contributed by atoms with E-state index >= 15 is 0 Å². The number of aryl methyl sites for hydroxylation is 1. The highest BCUT2D eigenvalue weighted by Crippen LogP contribution is 2.55. The zero-order chi connectivity index (χ0) is 24.8. The van der Waals surface area contributed by atoms with Gasteiger partial charge in [0.1, 0.15) is 17.6 Å². The maximum absolute atomic E-state index is 14.9. The van der Waals surface area contributed by atoms with Crippen LogP contribution in [0.4, 0.5) is 5.69 Å². The molecule has 0 N–H and O–H groups in total. The summed E-state index contributed by atoms with van der Waals surface area (Å²) in [6.07, 6.45) is 2.82. The standard InChI is InChI=1S/C28H35NO5S/c1-4-20-5-7-22(8-6-20)29(17-19(2)3)35(32,18-28(35)31)23-9-10-26-24(15-23)25(30)16-27(34-26)21-11-13-33-14-12-21/h5-10,15,19,21,27H,4,11-14,16-18H2,1-3H3. The molecule has 5 rings (SSSR count). The number of anilines is 1. The van der Waals surface area contributed by atoms with E-state index in [9.17, 15) is 13.8 Å². The Morgan fingerprint density at radius 1 is 1.06 bits per heavy atom. The lowest BCUT2D eigenvalue weighted by Gasteiger charge is -2.40. The van der Waals surface area contributed by atoms with Gasteiger partial charge in [0.25, 0.3) is 0 Å². The molecular weight excluding hydrogens is 462 g/mol. The molecule has 0 saturated carbocycles. The van der Waals surface area contributed by atoms with E-state index in [1.54, 1.807) is 18.2 Å². The van der Waals surface area contributed by atoms with Gasteiger partial charge < -0.3 is 13.8 Å². The Balaban J connectivity index is 1.53. The first-order valence-electron chi connectivity index (χ1n) is 12.7. The highest BCUT2D eigenvalue weighted by atomic mass is 32.3. The minimum Gasteiger partial charge on any atom is -0.489 e. The molecule has 0 aromatic heterocycles. The maximum Gasteiger partial charge on any atom is 0.232 e. The van der Waals surface area contributed by atoms with Gasteiger partial charge in [-0.3, -0.25) is 13.8 Å². The van der Waals surface area contributed by atoms with E-state index in [-0.39, 0.29) is 28.7 Å². The van der Waals surface area contributed by atoms with E-state index in [2.05, 4.69) is 20.8 Å². The van der Waals surface area contributed by atoms with Crippen LogP contribution in [-0.2, 0) is 25.2 Å². The van der Waals surface area contributed by atoms with E-state index in [4.69, 9.17) is 9.47 Å². The first-order valence-corrected chi connectivity index (χ1v) is 14.8. The van der Waals surface area contributed by atoms with Crippen molar-refractivity contribution in [2.45, 2.75) is 57.5 Å². The summed E-state index contributed by atoms with van der Waals surface area (Å²) in [5.74, 6) is 0.988. The van der Waals surface area contributed by atoms with Crippen LogP contribution >= 0.6 is 0 Å². The monoisotopic (exact) mass is 497 g/mol. The number of ketones is 1. The molecule has 0 aliphatic carbocycles. The smallest absolute Gasteiger partial charge is 0.232 e. The highest BCUT2D eigenvalue weighted by Gasteiger charge is 2.66. The van der Waals surface area contributed by atoms with Gasteiger partial charge in [-0.25, -0.2) is 0 Å². The van der Waals surface area contributed by atoms with Gasteiger partial charge >= 0.3 is 0 Å². The van der Waals surface area contributed by atoms with Gasteiger partial charge in [-0.2, -0.15) is 0 Å². The van der Waals surface area contributed by atoms with E-state index < -0.39 is 9.25 Å². The summed E-state index contributed by atoms with van der Waals surface area (Å²) in [6.45, 7) is 8.08. The fourth-order valence-electron chi connectivity index (χ4n) is 5.39. The summed E-state index contributed by atoms with van der Waals surface area (Å²) in [6, 6.07) is 13.1. The Hall–Kier alpha value is -2.51. The number of ether oxygens (including phenoxy) is 2. The number of Topliss-reactive ketones (excluding diaryl/α,β-unsaturated/α-hetero) is 1. The molecule has 0 amide bonds. The second-order valence-corrected chi connectivity index (χ2v) is 14.2. The average molecular weight is 498 g/mol. The van der Waals surface area contributed by atoms with Crippen LogP contribution in [0.5, 0.6) is 5.75 Å². The number of hydrogen-bond acceptors (Lipinski definition) is 5. The van der Waals surface area contributed by atoms with Crippen LogP contribution in [0.15, 0.2) is 47.4 Å². The van der Waals surface area contributed by atoms with Crippen molar-refractivity contribution in [3.05, 3.63) is 53.6 Å². The van der Waals surface area contributed by atoms with E-state index in [0.29, 0.717) is 48.3 Å². The van der Waals surface area contributed by atoms with Crippen LogP contribution in [0.25, 0.3) is 0 Å². The van der Waals surface area contributed by atoms with Crippen molar-refractivity contribution in [1.82, 2.24) is 0 Å². The van der Waals surface area contributed by atoms with Crippen LogP contribution < -0.4 is 9.04 Å². The number of hydrogen-bond donors (Lipinski definition) is 0. The molecule has 0 spiro atoms. The van der Waals surface area contributed by atoms with Gasteiger partial charge in [-0.05, 0) is 61.1 Å². The largest absolute Gasteiger partial charge is 0.489 e. The molecule has 1 unspecified atom stereocenters. The van der Waals surface area contributed by atoms with Crippen molar-refractivity contribution in [3.63, 3.8) is 0 Å². The SMILES string of the molecule is CCc1ccc(N(CC(C)C)S2(=O)(c3ccc4c(c3)C(=O)CC(C3CCOCC3)O4)CC2=O)cc1. The normalized spacial score (nSPS) is 24.2. The third-order valence-corrected chi connectivity index (χ3v) is 11.6. The fourth-order valence-corrected chi connectivity index (χ4v) is 9.22. The van der Waals surface area contributed by atoms with E-state index in [0.717, 1.165) is 24.9 Å². The van der Waals surface area contributed by atoms with Gasteiger partial charge in [0.05, 0.1) is 14.8 Å². The van der Waals surface area contributed by atoms with Gasteiger partial charge in [0, 0.05) is 42.7 Å². The predicted octanol–water partition coefficient (Wildman–Crippen LogP) is 4.81. The quantitative estimate of drug-likeness (QED) is 0.514. The Bertz CT molecular complexity index is 1210. The summed E-state index contributed by atoms with van der Waals surface area (Å²) in [7, 11) is -4.00. The third-order valence-electron chi connectivity index (χ3n) is 7.59. The van der Waals surface area contributed by atoms with Crippen molar-refractivity contribution in [2.75, 3.05) is 29.8 Å². The minimum absolute atomic E-state index is 0.0112. The first kappa shape index (κ1) is 24.2. The zero-order valence-corrected chi connectivity index (χ0v) is 21.6. The Morgan fingerprint density at radius 2 is 1.74 bits per heavy atom. The van der Waals surface area contributed by atoms with Gasteiger partial charge in [0.2, 0.25) is 5.12 Å². The summed E-state index contributed by atoms with van der Waals surface area (Å²) in [5, 5.41) is -0.258. The van der Waals surface area contributed by atoms with Crippen molar-refractivity contribution in [2.24, 2.45) is 11.8 Å². The lowest BCUT2D eigenvalue weighted by Crippen LogP contribution is -2.44. The lowest BCUT2D eigenvalue weighted by molar-refractivity contribution is -0.107. The molecule has 6 nitrogen and oxygen atoms in total. The molecule has 2 saturated heterocycles. The summed E-state index contributed by atoms with van der Waals surface area (Å²) >= 11 is 0. The molecular formula is C28H35NO5S. The second kappa shape index (κ2) is 8.86. The molecule has 2 aromatic carbocycles. The highest BCUT2D eigenvalue weighted by molar-refractivity contribution is 8.42. The fraction of sp³-hybridized carbons (Fsp3) is 0.500. The molecule has 35 heavy (non-hydrogen) atoms. The van der Waals surface area contributed by atoms with E-state index in [1.165, 1.54) is 5.56 Å². The van der Waals surface area contributed by atoms with Crippen LogP contribution in [0.3, 0.4) is 0 Å². The van der Waals surface area contributed by atoms with Crippen LogP contribution in [0.2, 0.25) is 0 Å². The van der Waals surface area contributed by atoms with Crippen LogP contribution in [0.1, 0.15) is 56.0 Å². The van der Waals surface area contributed by atoms with Crippen molar-refractivity contribution >= 4 is 25.8 Å².